The molecule has 0 saturated carbocycles. The number of halogens is 3. The van der Waals surface area contributed by atoms with Crippen LogP contribution in [-0.2, 0) is 11.2 Å². The molecule has 1 aliphatic rings. The zero-order valence-electron chi connectivity index (χ0n) is 14.6. The van der Waals surface area contributed by atoms with E-state index in [4.69, 9.17) is 4.74 Å². The number of rotatable bonds is 3. The Morgan fingerprint density at radius 3 is 2.72 bits per heavy atom. The van der Waals surface area contributed by atoms with Crippen LogP contribution in [0.15, 0.2) is 12.4 Å². The largest absolute Gasteiger partial charge is 0.444 e. The average Bonchev–Trinajstić information content (AvgIpc) is 2.44. The molecule has 2 heterocycles. The van der Waals surface area contributed by atoms with E-state index in [1.54, 1.807) is 20.8 Å². The number of anilines is 1. The summed E-state index contributed by atoms with van der Waals surface area (Å²) in [6.45, 7) is 6.46. The van der Waals surface area contributed by atoms with Crippen LogP contribution in [0, 0.1) is 0 Å². The van der Waals surface area contributed by atoms with Crippen LogP contribution in [-0.4, -0.2) is 47.0 Å². The predicted molar refractivity (Wildman–Crippen MR) is 86.4 cm³/mol. The molecule has 1 unspecified atom stereocenters. The Morgan fingerprint density at radius 1 is 1.36 bits per heavy atom. The minimum absolute atomic E-state index is 0.0697. The maximum atomic E-state index is 12.5. The molecule has 1 aromatic heterocycles. The van der Waals surface area contributed by atoms with E-state index >= 15 is 0 Å². The molecule has 0 aromatic carbocycles. The number of ether oxygens (including phenoxy) is 1. The van der Waals surface area contributed by atoms with Crippen LogP contribution >= 0.6 is 0 Å². The number of nitrogens with zero attached hydrogens (tertiary/aromatic N) is 3. The highest BCUT2D eigenvalue weighted by molar-refractivity contribution is 5.68. The SMILES string of the molecule is CC(C)(C)OC(=O)NC1CCCN(c2cc(CC(F)(F)F)ncn2)C1. The molecule has 1 atom stereocenters. The van der Waals surface area contributed by atoms with Crippen molar-refractivity contribution in [1.82, 2.24) is 15.3 Å². The molecule has 0 bridgehead atoms. The van der Waals surface area contributed by atoms with Crippen LogP contribution in [0.5, 0.6) is 0 Å². The van der Waals surface area contributed by atoms with Gasteiger partial charge in [-0.3, -0.25) is 0 Å². The van der Waals surface area contributed by atoms with Crippen LogP contribution in [0.25, 0.3) is 0 Å². The molecular weight excluding hydrogens is 337 g/mol. The summed E-state index contributed by atoms with van der Waals surface area (Å²) in [5, 5.41) is 2.80. The number of alkyl halides is 3. The van der Waals surface area contributed by atoms with Gasteiger partial charge >= 0.3 is 12.3 Å². The average molecular weight is 360 g/mol. The lowest BCUT2D eigenvalue weighted by molar-refractivity contribution is -0.127. The molecule has 140 valence electrons. The van der Waals surface area contributed by atoms with Gasteiger partial charge in [-0.15, -0.1) is 0 Å². The molecule has 0 spiro atoms. The maximum absolute atomic E-state index is 12.5. The molecule has 25 heavy (non-hydrogen) atoms. The van der Waals surface area contributed by atoms with Gasteiger partial charge in [0.25, 0.3) is 0 Å². The van der Waals surface area contributed by atoms with Crippen molar-refractivity contribution in [3.8, 4) is 0 Å². The molecular formula is C16H23F3N4O2. The highest BCUT2D eigenvalue weighted by atomic mass is 19.4. The van der Waals surface area contributed by atoms with Gasteiger partial charge in [0, 0.05) is 25.2 Å². The van der Waals surface area contributed by atoms with Crippen molar-refractivity contribution in [2.24, 2.45) is 0 Å². The number of piperidine rings is 1. The molecule has 6 nitrogen and oxygen atoms in total. The molecule has 0 radical (unpaired) electrons. The van der Waals surface area contributed by atoms with Gasteiger partial charge in [-0.1, -0.05) is 0 Å². The van der Waals surface area contributed by atoms with Crippen LogP contribution in [0.1, 0.15) is 39.3 Å². The normalized spacial score (nSPS) is 18.8. The maximum Gasteiger partial charge on any atom is 0.407 e. The molecule has 0 aliphatic carbocycles. The summed E-state index contributed by atoms with van der Waals surface area (Å²) in [6, 6.07) is 1.20. The van der Waals surface area contributed by atoms with Gasteiger partial charge in [0.15, 0.2) is 0 Å². The summed E-state index contributed by atoms with van der Waals surface area (Å²) in [5.74, 6) is 0.435. The van der Waals surface area contributed by atoms with Crippen molar-refractivity contribution in [1.29, 1.82) is 0 Å². The highest BCUT2D eigenvalue weighted by Crippen LogP contribution is 2.23. The van der Waals surface area contributed by atoms with Crippen molar-refractivity contribution in [2.75, 3.05) is 18.0 Å². The Kier molecular flexibility index (Phi) is 5.74. The van der Waals surface area contributed by atoms with Crippen LogP contribution in [0.3, 0.4) is 0 Å². The van der Waals surface area contributed by atoms with Crippen LogP contribution in [0.4, 0.5) is 23.8 Å². The summed E-state index contributed by atoms with van der Waals surface area (Å²) in [5.41, 5.74) is -0.655. The van der Waals surface area contributed by atoms with Gasteiger partial charge in [0.2, 0.25) is 0 Å². The minimum atomic E-state index is -4.31. The number of nitrogens with one attached hydrogen (secondary N) is 1. The van der Waals surface area contributed by atoms with E-state index in [2.05, 4.69) is 15.3 Å². The summed E-state index contributed by atoms with van der Waals surface area (Å²) >= 11 is 0. The lowest BCUT2D eigenvalue weighted by atomic mass is 10.1. The first-order chi connectivity index (χ1) is 11.5. The monoisotopic (exact) mass is 360 g/mol. The van der Waals surface area contributed by atoms with Gasteiger partial charge in [0.05, 0.1) is 12.1 Å². The quantitative estimate of drug-likeness (QED) is 0.897. The molecule has 1 N–H and O–H groups in total. The Labute approximate surface area is 144 Å². The molecule has 1 aromatic rings. The molecule has 9 heteroatoms. The van der Waals surface area contributed by atoms with Crippen LogP contribution < -0.4 is 10.2 Å². The number of aromatic nitrogens is 2. The smallest absolute Gasteiger partial charge is 0.407 e. The van der Waals surface area contributed by atoms with Crippen molar-refractivity contribution in [3.05, 3.63) is 18.1 Å². The Bertz CT molecular complexity index is 602. The standard InChI is InChI=1S/C16H23F3N4O2/c1-15(2,3)25-14(24)22-11-5-4-6-23(9-11)13-7-12(20-10-21-13)8-16(17,18)19/h7,10-11H,4-6,8-9H2,1-3H3,(H,22,24). The fraction of sp³-hybridized carbons (Fsp3) is 0.688. The molecule has 1 saturated heterocycles. The second-order valence-electron chi connectivity index (χ2n) is 7.09. The third-order valence-electron chi connectivity index (χ3n) is 3.56. The number of hydrogen-bond acceptors (Lipinski definition) is 5. The molecule has 1 aliphatic heterocycles. The number of carbonyl (C=O) groups is 1. The van der Waals surface area contributed by atoms with Gasteiger partial charge < -0.3 is 15.0 Å². The second-order valence-corrected chi connectivity index (χ2v) is 7.09. The van der Waals surface area contributed by atoms with Crippen molar-refractivity contribution in [2.45, 2.75) is 57.9 Å². The Balaban J connectivity index is 1.99. The fourth-order valence-corrected chi connectivity index (χ4v) is 2.64. The second kappa shape index (κ2) is 7.45. The van der Waals surface area contributed by atoms with Gasteiger partial charge in [-0.2, -0.15) is 13.2 Å². The zero-order valence-corrected chi connectivity index (χ0v) is 14.6. The molecule has 1 fully saturated rings. The molecule has 1 amide bonds. The topological polar surface area (TPSA) is 67.3 Å². The van der Waals surface area contributed by atoms with E-state index in [1.807, 2.05) is 4.90 Å². The van der Waals surface area contributed by atoms with Gasteiger partial charge in [0.1, 0.15) is 17.7 Å². The number of amides is 1. The first-order valence-electron chi connectivity index (χ1n) is 8.14. The zero-order chi connectivity index (χ0) is 18.7. The summed E-state index contributed by atoms with van der Waals surface area (Å²) in [6.07, 6.45) is -3.19. The van der Waals surface area contributed by atoms with Crippen molar-refractivity contribution >= 4 is 11.9 Å². The Morgan fingerprint density at radius 2 is 2.08 bits per heavy atom. The molecule has 2 rings (SSSR count). The Hall–Kier alpha value is -2.06. The first kappa shape index (κ1) is 19.3. The lowest BCUT2D eigenvalue weighted by Gasteiger charge is -2.34. The van der Waals surface area contributed by atoms with E-state index in [0.717, 1.165) is 19.2 Å². The van der Waals surface area contributed by atoms with E-state index < -0.39 is 24.3 Å². The lowest BCUT2D eigenvalue weighted by Crippen LogP contribution is -2.49. The minimum Gasteiger partial charge on any atom is -0.444 e. The summed E-state index contributed by atoms with van der Waals surface area (Å²) in [7, 11) is 0. The predicted octanol–water partition coefficient (Wildman–Crippen LogP) is 3.07. The van der Waals surface area contributed by atoms with Crippen LogP contribution in [0.2, 0.25) is 0 Å². The highest BCUT2D eigenvalue weighted by Gasteiger charge is 2.29. The van der Waals surface area contributed by atoms with E-state index in [0.29, 0.717) is 18.9 Å². The van der Waals surface area contributed by atoms with Gasteiger partial charge in [-0.25, -0.2) is 14.8 Å². The fourth-order valence-electron chi connectivity index (χ4n) is 2.64. The van der Waals surface area contributed by atoms with E-state index in [-0.39, 0.29) is 11.7 Å². The number of carbonyl (C=O) groups excluding carboxylic acids is 1. The third kappa shape index (κ3) is 6.75. The van der Waals surface area contributed by atoms with Crippen molar-refractivity contribution < 1.29 is 22.7 Å². The summed E-state index contributed by atoms with van der Waals surface area (Å²) < 4.78 is 42.8. The van der Waals surface area contributed by atoms with Gasteiger partial charge in [-0.05, 0) is 33.6 Å². The number of alkyl carbamates (subject to hydrolysis) is 1. The third-order valence-corrected chi connectivity index (χ3v) is 3.56. The van der Waals surface area contributed by atoms with E-state index in [1.165, 1.54) is 6.07 Å². The summed E-state index contributed by atoms with van der Waals surface area (Å²) in [4.78, 5) is 21.5. The first-order valence-corrected chi connectivity index (χ1v) is 8.14. The number of hydrogen-bond donors (Lipinski definition) is 1. The van der Waals surface area contributed by atoms with Crippen molar-refractivity contribution in [3.63, 3.8) is 0 Å². The van der Waals surface area contributed by atoms with E-state index in [9.17, 15) is 18.0 Å².